The third kappa shape index (κ3) is 2.36. The number of hydrogen-bond donors (Lipinski definition) is 1. The van der Waals surface area contributed by atoms with E-state index in [0.29, 0.717) is 17.6 Å². The van der Waals surface area contributed by atoms with Gasteiger partial charge in [-0.1, -0.05) is 0 Å². The van der Waals surface area contributed by atoms with E-state index in [1.165, 1.54) is 12.8 Å². The van der Waals surface area contributed by atoms with Gasteiger partial charge in [0.25, 0.3) is 0 Å². The van der Waals surface area contributed by atoms with Crippen LogP contribution in [0, 0.1) is 0 Å². The lowest BCUT2D eigenvalue weighted by Crippen LogP contribution is -2.26. The molecule has 1 aliphatic carbocycles. The molecular formula is C11H15N5O. The summed E-state index contributed by atoms with van der Waals surface area (Å²) < 4.78 is 5.23. The Balaban J connectivity index is 1.66. The fourth-order valence-electron chi connectivity index (χ4n) is 1.62. The van der Waals surface area contributed by atoms with Crippen LogP contribution in [0.1, 0.15) is 25.8 Å². The maximum atomic E-state index is 5.23. The average molecular weight is 233 g/mol. The highest BCUT2D eigenvalue weighted by Gasteiger charge is 2.22. The number of tetrazole rings is 1. The minimum absolute atomic E-state index is 0.201. The summed E-state index contributed by atoms with van der Waals surface area (Å²) in [5.74, 6) is 1.19. The zero-order chi connectivity index (χ0) is 11.7. The van der Waals surface area contributed by atoms with Gasteiger partial charge in [0.05, 0.1) is 12.3 Å². The van der Waals surface area contributed by atoms with Crippen LogP contribution >= 0.6 is 0 Å². The summed E-state index contributed by atoms with van der Waals surface area (Å²) in [6, 6.07) is 4.54. The molecule has 1 saturated carbocycles. The van der Waals surface area contributed by atoms with E-state index in [9.17, 15) is 0 Å². The Morgan fingerprint density at radius 1 is 1.59 bits per heavy atom. The Bertz CT molecular complexity index is 474. The second-order valence-electron chi connectivity index (χ2n) is 4.44. The molecule has 1 atom stereocenters. The van der Waals surface area contributed by atoms with Gasteiger partial charge in [0, 0.05) is 12.6 Å². The smallest absolute Gasteiger partial charge is 0.240 e. The second-order valence-corrected chi connectivity index (χ2v) is 4.44. The van der Waals surface area contributed by atoms with Crippen LogP contribution in [0.2, 0.25) is 0 Å². The summed E-state index contributed by atoms with van der Waals surface area (Å²) in [6.07, 6.45) is 4.18. The summed E-state index contributed by atoms with van der Waals surface area (Å²) in [6.45, 7) is 2.95. The minimum Gasteiger partial charge on any atom is -0.461 e. The van der Waals surface area contributed by atoms with E-state index in [4.69, 9.17) is 4.42 Å². The van der Waals surface area contributed by atoms with E-state index >= 15 is 0 Å². The quantitative estimate of drug-likeness (QED) is 0.841. The molecule has 0 radical (unpaired) electrons. The Morgan fingerprint density at radius 3 is 3.18 bits per heavy atom. The number of rotatable bonds is 5. The van der Waals surface area contributed by atoms with Gasteiger partial charge in [0.15, 0.2) is 5.76 Å². The number of nitrogens with one attached hydrogen (secondary N) is 1. The standard InChI is InChI=1S/C11H15N5O/c1-8(7-12-9-4-5-9)16-14-11(13-15-16)10-3-2-6-17-10/h2-3,6,8-9,12H,4-5,7H2,1H3. The van der Waals surface area contributed by atoms with Crippen molar-refractivity contribution in [3.05, 3.63) is 18.4 Å². The highest BCUT2D eigenvalue weighted by molar-refractivity contribution is 5.43. The molecule has 6 nitrogen and oxygen atoms in total. The van der Waals surface area contributed by atoms with Crippen molar-refractivity contribution in [3.63, 3.8) is 0 Å². The molecule has 2 heterocycles. The topological polar surface area (TPSA) is 68.8 Å². The molecule has 0 aliphatic heterocycles. The van der Waals surface area contributed by atoms with Gasteiger partial charge in [-0.3, -0.25) is 0 Å². The third-order valence-corrected chi connectivity index (χ3v) is 2.84. The zero-order valence-corrected chi connectivity index (χ0v) is 9.71. The van der Waals surface area contributed by atoms with Crippen LogP contribution < -0.4 is 5.32 Å². The lowest BCUT2D eigenvalue weighted by Gasteiger charge is -2.09. The van der Waals surface area contributed by atoms with Crippen LogP contribution in [0.25, 0.3) is 11.6 Å². The first-order valence-corrected chi connectivity index (χ1v) is 5.89. The van der Waals surface area contributed by atoms with Gasteiger partial charge >= 0.3 is 0 Å². The van der Waals surface area contributed by atoms with Crippen LogP contribution in [0.3, 0.4) is 0 Å². The normalized spacial score (nSPS) is 17.2. The highest BCUT2D eigenvalue weighted by atomic mass is 16.3. The van der Waals surface area contributed by atoms with Crippen molar-refractivity contribution in [2.45, 2.75) is 31.8 Å². The fourth-order valence-corrected chi connectivity index (χ4v) is 1.62. The van der Waals surface area contributed by atoms with Gasteiger partial charge in [-0.15, -0.1) is 10.2 Å². The van der Waals surface area contributed by atoms with E-state index in [0.717, 1.165) is 6.54 Å². The van der Waals surface area contributed by atoms with Crippen LogP contribution in [0.15, 0.2) is 22.8 Å². The SMILES string of the molecule is CC(CNC1CC1)n1nnc(-c2ccco2)n1. The maximum Gasteiger partial charge on any atom is 0.240 e. The van der Waals surface area contributed by atoms with Crippen molar-refractivity contribution in [1.82, 2.24) is 25.5 Å². The summed E-state index contributed by atoms with van der Waals surface area (Å²) in [5.41, 5.74) is 0. The van der Waals surface area contributed by atoms with E-state index in [1.54, 1.807) is 11.1 Å². The largest absolute Gasteiger partial charge is 0.461 e. The summed E-state index contributed by atoms with van der Waals surface area (Å²) in [5, 5.41) is 15.8. The van der Waals surface area contributed by atoms with Gasteiger partial charge in [-0.05, 0) is 37.1 Å². The van der Waals surface area contributed by atoms with Crippen molar-refractivity contribution in [1.29, 1.82) is 0 Å². The molecule has 3 rings (SSSR count). The first-order chi connectivity index (χ1) is 8.33. The van der Waals surface area contributed by atoms with Gasteiger partial charge in [0.2, 0.25) is 5.82 Å². The molecule has 0 spiro atoms. The zero-order valence-electron chi connectivity index (χ0n) is 9.71. The minimum atomic E-state index is 0.201. The van der Waals surface area contributed by atoms with Crippen molar-refractivity contribution >= 4 is 0 Å². The van der Waals surface area contributed by atoms with Crippen LogP contribution in [-0.4, -0.2) is 32.8 Å². The molecule has 90 valence electrons. The second kappa shape index (κ2) is 4.29. The van der Waals surface area contributed by atoms with E-state index < -0.39 is 0 Å². The van der Waals surface area contributed by atoms with Crippen molar-refractivity contribution in [3.8, 4) is 11.6 Å². The molecule has 6 heteroatoms. The highest BCUT2D eigenvalue weighted by Crippen LogP contribution is 2.19. The molecule has 1 fully saturated rings. The molecule has 1 aliphatic rings. The molecule has 1 unspecified atom stereocenters. The van der Waals surface area contributed by atoms with E-state index in [2.05, 4.69) is 27.7 Å². The number of furan rings is 1. The lowest BCUT2D eigenvalue weighted by molar-refractivity contribution is 0.400. The van der Waals surface area contributed by atoms with Crippen LogP contribution in [0.5, 0.6) is 0 Å². The molecular weight excluding hydrogens is 218 g/mol. The van der Waals surface area contributed by atoms with Gasteiger partial charge < -0.3 is 9.73 Å². The predicted molar refractivity (Wildman–Crippen MR) is 61.3 cm³/mol. The number of aromatic nitrogens is 4. The lowest BCUT2D eigenvalue weighted by atomic mass is 10.3. The molecule has 0 amide bonds. The average Bonchev–Trinajstić information content (AvgIpc) is 2.85. The van der Waals surface area contributed by atoms with Crippen LogP contribution in [0.4, 0.5) is 0 Å². The Kier molecular flexibility index (Phi) is 2.64. The van der Waals surface area contributed by atoms with Crippen molar-refractivity contribution < 1.29 is 4.42 Å². The number of hydrogen-bond acceptors (Lipinski definition) is 5. The third-order valence-electron chi connectivity index (χ3n) is 2.84. The molecule has 0 bridgehead atoms. The number of nitrogens with zero attached hydrogens (tertiary/aromatic N) is 4. The fraction of sp³-hybridized carbons (Fsp3) is 0.545. The molecule has 0 aromatic carbocycles. The van der Waals surface area contributed by atoms with Crippen molar-refractivity contribution in [2.75, 3.05) is 6.54 Å². The molecule has 2 aromatic rings. The maximum absolute atomic E-state index is 5.23. The predicted octanol–water partition coefficient (Wildman–Crippen LogP) is 1.25. The van der Waals surface area contributed by atoms with E-state index in [1.807, 2.05) is 12.1 Å². The summed E-state index contributed by atoms with van der Waals surface area (Å²) >= 11 is 0. The van der Waals surface area contributed by atoms with Crippen molar-refractivity contribution in [2.24, 2.45) is 0 Å². The Morgan fingerprint density at radius 2 is 2.47 bits per heavy atom. The summed E-state index contributed by atoms with van der Waals surface area (Å²) in [7, 11) is 0. The monoisotopic (exact) mass is 233 g/mol. The van der Waals surface area contributed by atoms with Gasteiger partial charge in [-0.25, -0.2) is 0 Å². The van der Waals surface area contributed by atoms with Crippen LogP contribution in [-0.2, 0) is 0 Å². The molecule has 0 saturated heterocycles. The molecule has 17 heavy (non-hydrogen) atoms. The first kappa shape index (κ1) is 10.5. The van der Waals surface area contributed by atoms with Gasteiger partial charge in [0.1, 0.15) is 0 Å². The first-order valence-electron chi connectivity index (χ1n) is 5.89. The summed E-state index contributed by atoms with van der Waals surface area (Å²) in [4.78, 5) is 1.63. The van der Waals surface area contributed by atoms with E-state index in [-0.39, 0.29) is 6.04 Å². The van der Waals surface area contributed by atoms with Gasteiger partial charge in [-0.2, -0.15) is 4.80 Å². The molecule has 1 N–H and O–H groups in total. The molecule has 2 aromatic heterocycles. The Labute approximate surface area is 99.0 Å². The Hall–Kier alpha value is -1.69.